The Labute approximate surface area is 164 Å². The van der Waals surface area contributed by atoms with E-state index >= 15 is 0 Å². The fourth-order valence-electron chi connectivity index (χ4n) is 3.31. The zero-order valence-electron chi connectivity index (χ0n) is 15.2. The normalized spacial score (nSPS) is 18.2. The number of rotatable bonds is 4. The number of hydrogen-bond donors (Lipinski definition) is 1. The van der Waals surface area contributed by atoms with Crippen LogP contribution in [-0.4, -0.2) is 41.4 Å². The van der Waals surface area contributed by atoms with Crippen molar-refractivity contribution in [2.24, 2.45) is 0 Å². The number of anilines is 1. The maximum absolute atomic E-state index is 13.0. The van der Waals surface area contributed by atoms with E-state index in [-0.39, 0.29) is 17.8 Å². The van der Waals surface area contributed by atoms with E-state index in [0.29, 0.717) is 17.3 Å². The van der Waals surface area contributed by atoms with Gasteiger partial charge < -0.3 is 10.6 Å². The smallest absolute Gasteiger partial charge is 0.246 e. The van der Waals surface area contributed by atoms with Crippen molar-refractivity contribution < 1.29 is 9.18 Å². The van der Waals surface area contributed by atoms with Crippen LogP contribution in [0.2, 0.25) is 5.02 Å². The van der Waals surface area contributed by atoms with Crippen molar-refractivity contribution in [1.82, 2.24) is 9.80 Å². The van der Waals surface area contributed by atoms with Gasteiger partial charge in [-0.1, -0.05) is 29.8 Å². The van der Waals surface area contributed by atoms with Crippen molar-refractivity contribution in [1.29, 1.82) is 0 Å². The molecule has 142 valence electrons. The molecule has 0 unspecified atom stereocenters. The Hall–Kier alpha value is -2.37. The fraction of sp³-hybridized carbons (Fsp3) is 0.286. The minimum absolute atomic E-state index is 0.0294. The summed E-state index contributed by atoms with van der Waals surface area (Å²) in [4.78, 5) is 16.7. The van der Waals surface area contributed by atoms with Crippen LogP contribution in [0.3, 0.4) is 0 Å². The molecule has 1 heterocycles. The summed E-state index contributed by atoms with van der Waals surface area (Å²) in [5.74, 6) is -0.256. The van der Waals surface area contributed by atoms with Crippen LogP contribution in [0.4, 0.5) is 10.1 Å². The lowest BCUT2D eigenvalue weighted by Gasteiger charge is -2.39. The molecule has 1 aliphatic heterocycles. The molecule has 2 N–H and O–H groups in total. The van der Waals surface area contributed by atoms with Crippen molar-refractivity contribution in [3.05, 3.63) is 70.5 Å². The second-order valence-corrected chi connectivity index (χ2v) is 7.29. The molecule has 0 saturated carbocycles. The van der Waals surface area contributed by atoms with Crippen LogP contribution in [0.15, 0.2) is 48.5 Å². The highest BCUT2D eigenvalue weighted by atomic mass is 35.5. The van der Waals surface area contributed by atoms with Gasteiger partial charge in [0.1, 0.15) is 5.82 Å². The molecule has 6 heteroatoms. The molecular formula is C21H23ClFN3O. The first-order chi connectivity index (χ1) is 12.9. The van der Waals surface area contributed by atoms with E-state index in [1.165, 1.54) is 12.1 Å². The molecule has 1 aliphatic rings. The number of benzene rings is 2. The SMILES string of the molecule is C[C@@H]1CN(Cc2ccc(F)cc2)CCN1C(=O)/C=C/c1ccc(Cl)cc1N. The van der Waals surface area contributed by atoms with E-state index in [0.717, 1.165) is 30.8 Å². The first kappa shape index (κ1) is 19.4. The standard InChI is InChI=1S/C21H23ClFN3O/c1-15-13-25(14-16-2-7-19(23)8-3-16)10-11-26(15)21(27)9-5-17-4-6-18(22)12-20(17)24/h2-9,12,15H,10-11,13-14,24H2,1H3/b9-5+/t15-/m1/s1. The molecule has 27 heavy (non-hydrogen) atoms. The minimum Gasteiger partial charge on any atom is -0.398 e. The van der Waals surface area contributed by atoms with E-state index in [1.54, 1.807) is 42.5 Å². The van der Waals surface area contributed by atoms with Gasteiger partial charge in [-0.05, 0) is 48.4 Å². The van der Waals surface area contributed by atoms with Gasteiger partial charge in [-0.2, -0.15) is 0 Å². The van der Waals surface area contributed by atoms with Crippen molar-refractivity contribution in [3.8, 4) is 0 Å². The first-order valence-electron chi connectivity index (χ1n) is 8.93. The maximum atomic E-state index is 13.0. The third kappa shape index (κ3) is 5.08. The Morgan fingerprint density at radius 1 is 1.26 bits per heavy atom. The van der Waals surface area contributed by atoms with Crippen LogP contribution < -0.4 is 5.73 Å². The Bertz CT molecular complexity index is 838. The number of amides is 1. The molecule has 0 aromatic heterocycles. The first-order valence-corrected chi connectivity index (χ1v) is 9.30. The molecule has 1 fully saturated rings. The lowest BCUT2D eigenvalue weighted by atomic mass is 10.1. The molecule has 4 nitrogen and oxygen atoms in total. The highest BCUT2D eigenvalue weighted by Gasteiger charge is 2.26. The van der Waals surface area contributed by atoms with E-state index < -0.39 is 0 Å². The highest BCUT2D eigenvalue weighted by molar-refractivity contribution is 6.30. The zero-order valence-corrected chi connectivity index (χ0v) is 16.0. The number of nitrogen functional groups attached to an aromatic ring is 1. The van der Waals surface area contributed by atoms with Gasteiger partial charge in [0.05, 0.1) is 0 Å². The summed E-state index contributed by atoms with van der Waals surface area (Å²) in [5.41, 5.74) is 8.31. The topological polar surface area (TPSA) is 49.6 Å². The van der Waals surface area contributed by atoms with Gasteiger partial charge in [-0.15, -0.1) is 0 Å². The van der Waals surface area contributed by atoms with Gasteiger partial charge in [-0.3, -0.25) is 9.69 Å². The second-order valence-electron chi connectivity index (χ2n) is 6.85. The van der Waals surface area contributed by atoms with Crippen molar-refractivity contribution in [2.75, 3.05) is 25.4 Å². The van der Waals surface area contributed by atoms with Crippen LogP contribution >= 0.6 is 11.6 Å². The summed E-state index contributed by atoms with van der Waals surface area (Å²) in [5, 5.41) is 0.571. The van der Waals surface area contributed by atoms with E-state index in [9.17, 15) is 9.18 Å². The molecule has 0 spiro atoms. The Morgan fingerprint density at radius 2 is 2.00 bits per heavy atom. The lowest BCUT2D eigenvalue weighted by molar-refractivity contribution is -0.130. The van der Waals surface area contributed by atoms with Gasteiger partial charge in [0, 0.05) is 49.0 Å². The summed E-state index contributed by atoms with van der Waals surface area (Å²) in [6.45, 7) is 5.01. The minimum atomic E-state index is -0.226. The molecule has 2 aromatic rings. The number of carbonyl (C=O) groups is 1. The van der Waals surface area contributed by atoms with Crippen LogP contribution in [0.1, 0.15) is 18.1 Å². The van der Waals surface area contributed by atoms with Crippen LogP contribution in [0.25, 0.3) is 6.08 Å². The molecule has 1 amide bonds. The summed E-state index contributed by atoms with van der Waals surface area (Å²) in [6.07, 6.45) is 3.29. The highest BCUT2D eigenvalue weighted by Crippen LogP contribution is 2.20. The number of carbonyl (C=O) groups excluding carboxylic acids is 1. The van der Waals surface area contributed by atoms with E-state index in [2.05, 4.69) is 4.90 Å². The van der Waals surface area contributed by atoms with Gasteiger partial charge >= 0.3 is 0 Å². The Kier molecular flexibility index (Phi) is 6.14. The molecule has 0 aliphatic carbocycles. The maximum Gasteiger partial charge on any atom is 0.246 e. The monoisotopic (exact) mass is 387 g/mol. The Balaban J connectivity index is 1.57. The van der Waals surface area contributed by atoms with Crippen molar-refractivity contribution in [2.45, 2.75) is 19.5 Å². The number of hydrogen-bond acceptors (Lipinski definition) is 3. The number of nitrogens with two attached hydrogens (primary N) is 1. The van der Waals surface area contributed by atoms with Gasteiger partial charge in [0.2, 0.25) is 5.91 Å². The van der Waals surface area contributed by atoms with Crippen LogP contribution in [-0.2, 0) is 11.3 Å². The summed E-state index contributed by atoms with van der Waals surface area (Å²) < 4.78 is 13.0. The molecule has 2 aromatic carbocycles. The summed E-state index contributed by atoms with van der Waals surface area (Å²) in [6, 6.07) is 11.9. The Morgan fingerprint density at radius 3 is 2.67 bits per heavy atom. The third-order valence-electron chi connectivity index (χ3n) is 4.77. The summed E-state index contributed by atoms with van der Waals surface area (Å²) >= 11 is 5.90. The average molecular weight is 388 g/mol. The van der Waals surface area contributed by atoms with Crippen LogP contribution in [0, 0.1) is 5.82 Å². The molecule has 3 rings (SSSR count). The van der Waals surface area contributed by atoms with Gasteiger partial charge in [0.15, 0.2) is 0 Å². The molecular weight excluding hydrogens is 365 g/mol. The summed E-state index contributed by atoms with van der Waals surface area (Å²) in [7, 11) is 0. The molecule has 0 bridgehead atoms. The molecule has 0 radical (unpaired) electrons. The second kappa shape index (κ2) is 8.55. The van der Waals surface area contributed by atoms with Gasteiger partial charge in [-0.25, -0.2) is 4.39 Å². The molecule has 1 saturated heterocycles. The number of halogens is 2. The van der Waals surface area contributed by atoms with Gasteiger partial charge in [0.25, 0.3) is 0 Å². The van der Waals surface area contributed by atoms with Crippen molar-refractivity contribution in [3.63, 3.8) is 0 Å². The fourth-order valence-corrected chi connectivity index (χ4v) is 3.49. The van der Waals surface area contributed by atoms with E-state index in [1.807, 2.05) is 11.8 Å². The zero-order chi connectivity index (χ0) is 19.4. The lowest BCUT2D eigenvalue weighted by Crippen LogP contribution is -2.53. The quantitative estimate of drug-likeness (QED) is 0.641. The predicted molar refractivity (Wildman–Crippen MR) is 108 cm³/mol. The largest absolute Gasteiger partial charge is 0.398 e. The third-order valence-corrected chi connectivity index (χ3v) is 5.00. The van der Waals surface area contributed by atoms with E-state index in [4.69, 9.17) is 17.3 Å². The number of piperazine rings is 1. The van der Waals surface area contributed by atoms with Crippen molar-refractivity contribution >= 4 is 29.3 Å². The molecule has 1 atom stereocenters. The average Bonchev–Trinajstić information content (AvgIpc) is 2.63. The van der Waals surface area contributed by atoms with Crippen LogP contribution in [0.5, 0.6) is 0 Å². The predicted octanol–water partition coefficient (Wildman–Crippen LogP) is 3.81. The number of nitrogens with zero attached hydrogens (tertiary/aromatic N) is 2.